The van der Waals surface area contributed by atoms with Gasteiger partial charge in [-0.15, -0.1) is 0 Å². The number of anilines is 2. The molecule has 1 N–H and O–H groups in total. The van der Waals surface area contributed by atoms with Crippen molar-refractivity contribution in [2.45, 2.75) is 25.9 Å². The third kappa shape index (κ3) is 3.65. The summed E-state index contributed by atoms with van der Waals surface area (Å²) in [5, 5.41) is 3.33. The van der Waals surface area contributed by atoms with Crippen molar-refractivity contribution in [2.75, 3.05) is 49.5 Å². The first-order valence-electron chi connectivity index (χ1n) is 7.91. The quantitative estimate of drug-likeness (QED) is 0.884. The van der Waals surface area contributed by atoms with Gasteiger partial charge < -0.3 is 19.9 Å². The predicted molar refractivity (Wildman–Crippen MR) is 84.0 cm³/mol. The van der Waals surface area contributed by atoms with Crippen molar-refractivity contribution in [3.05, 3.63) is 12.3 Å². The van der Waals surface area contributed by atoms with E-state index >= 15 is 0 Å². The van der Waals surface area contributed by atoms with Crippen LogP contribution < -0.4 is 10.2 Å². The number of aromatic nitrogens is 2. The maximum Gasteiger partial charge on any atom is 0.227 e. The van der Waals surface area contributed by atoms with Gasteiger partial charge in [0.1, 0.15) is 5.82 Å². The Morgan fingerprint density at radius 3 is 2.91 bits per heavy atom. The van der Waals surface area contributed by atoms with E-state index in [9.17, 15) is 4.79 Å². The van der Waals surface area contributed by atoms with Crippen LogP contribution in [-0.4, -0.2) is 66.2 Å². The first-order chi connectivity index (χ1) is 10.7. The summed E-state index contributed by atoms with van der Waals surface area (Å²) in [7, 11) is 0. The zero-order valence-corrected chi connectivity index (χ0v) is 13.0. The molecular formula is C15H23N5O2. The molecule has 3 heterocycles. The Morgan fingerprint density at radius 1 is 1.41 bits per heavy atom. The number of ether oxygens (including phenoxy) is 1. The van der Waals surface area contributed by atoms with Crippen LogP contribution in [0, 0.1) is 0 Å². The van der Waals surface area contributed by atoms with Crippen molar-refractivity contribution in [3.63, 3.8) is 0 Å². The largest absolute Gasteiger partial charge is 0.376 e. The second-order valence-electron chi connectivity index (χ2n) is 5.75. The summed E-state index contributed by atoms with van der Waals surface area (Å²) in [6.07, 6.45) is 4.31. The molecular weight excluding hydrogens is 282 g/mol. The summed E-state index contributed by atoms with van der Waals surface area (Å²) in [6, 6.07) is 1.88. The van der Waals surface area contributed by atoms with Crippen molar-refractivity contribution in [2.24, 2.45) is 0 Å². The Kier molecular flexibility index (Phi) is 4.72. The topological polar surface area (TPSA) is 70.6 Å². The Hall–Kier alpha value is -1.89. The third-order valence-corrected chi connectivity index (χ3v) is 4.19. The van der Waals surface area contributed by atoms with Crippen LogP contribution in [0.1, 0.15) is 19.8 Å². The lowest BCUT2D eigenvalue weighted by Crippen LogP contribution is -2.48. The van der Waals surface area contributed by atoms with Crippen LogP contribution in [0.4, 0.5) is 11.8 Å². The molecule has 0 spiro atoms. The molecule has 7 nitrogen and oxygen atoms in total. The van der Waals surface area contributed by atoms with Crippen molar-refractivity contribution in [3.8, 4) is 0 Å². The summed E-state index contributed by atoms with van der Waals surface area (Å²) < 4.78 is 5.60. The van der Waals surface area contributed by atoms with Gasteiger partial charge in [0, 0.05) is 52.5 Å². The fourth-order valence-electron chi connectivity index (χ4n) is 2.84. The van der Waals surface area contributed by atoms with Crippen LogP contribution >= 0.6 is 0 Å². The molecule has 7 heteroatoms. The van der Waals surface area contributed by atoms with Crippen LogP contribution in [0.25, 0.3) is 0 Å². The summed E-state index contributed by atoms with van der Waals surface area (Å²) >= 11 is 0. The Bertz CT molecular complexity index is 510. The Labute approximate surface area is 130 Å². The molecule has 22 heavy (non-hydrogen) atoms. The first kappa shape index (κ1) is 15.0. The van der Waals surface area contributed by atoms with Gasteiger partial charge >= 0.3 is 0 Å². The number of piperazine rings is 1. The highest BCUT2D eigenvalue weighted by Gasteiger charge is 2.21. The molecule has 0 radical (unpaired) electrons. The second-order valence-corrected chi connectivity index (χ2v) is 5.75. The van der Waals surface area contributed by atoms with Gasteiger partial charge in [-0.1, -0.05) is 0 Å². The van der Waals surface area contributed by atoms with E-state index in [2.05, 4.69) is 20.2 Å². The molecule has 0 aromatic carbocycles. The van der Waals surface area contributed by atoms with Crippen molar-refractivity contribution < 1.29 is 9.53 Å². The van der Waals surface area contributed by atoms with Crippen LogP contribution in [0.5, 0.6) is 0 Å². The molecule has 1 aromatic rings. The van der Waals surface area contributed by atoms with E-state index in [0.29, 0.717) is 0 Å². The van der Waals surface area contributed by atoms with Crippen LogP contribution in [0.15, 0.2) is 12.3 Å². The lowest BCUT2D eigenvalue weighted by molar-refractivity contribution is -0.129. The standard InChI is InChI=1S/C15H23N5O2/c1-12(21)19-6-8-20(9-7-19)15-16-5-4-14(18-15)17-11-13-3-2-10-22-13/h4-5,13H,2-3,6-11H2,1H3,(H,16,17,18). The molecule has 1 amide bonds. The average Bonchev–Trinajstić information content (AvgIpc) is 3.07. The van der Waals surface area contributed by atoms with E-state index < -0.39 is 0 Å². The predicted octanol–water partition coefficient (Wildman–Crippen LogP) is 0.736. The number of rotatable bonds is 4. The summed E-state index contributed by atoms with van der Waals surface area (Å²) in [6.45, 7) is 6.26. The summed E-state index contributed by atoms with van der Waals surface area (Å²) in [4.78, 5) is 24.3. The van der Waals surface area contributed by atoms with Gasteiger partial charge in [0.25, 0.3) is 0 Å². The number of nitrogens with zero attached hydrogens (tertiary/aromatic N) is 4. The highest BCUT2D eigenvalue weighted by molar-refractivity contribution is 5.73. The highest BCUT2D eigenvalue weighted by atomic mass is 16.5. The fraction of sp³-hybridized carbons (Fsp3) is 0.667. The fourth-order valence-corrected chi connectivity index (χ4v) is 2.84. The lowest BCUT2D eigenvalue weighted by atomic mass is 10.2. The Morgan fingerprint density at radius 2 is 2.23 bits per heavy atom. The van der Waals surface area contributed by atoms with Gasteiger partial charge in [-0.05, 0) is 18.9 Å². The van der Waals surface area contributed by atoms with Crippen LogP contribution in [0.3, 0.4) is 0 Å². The number of nitrogens with one attached hydrogen (secondary N) is 1. The second kappa shape index (κ2) is 6.91. The van der Waals surface area contributed by atoms with Crippen molar-refractivity contribution in [1.29, 1.82) is 0 Å². The smallest absolute Gasteiger partial charge is 0.227 e. The number of hydrogen-bond donors (Lipinski definition) is 1. The zero-order chi connectivity index (χ0) is 15.4. The molecule has 1 aromatic heterocycles. The minimum atomic E-state index is 0.132. The molecule has 1 atom stereocenters. The molecule has 2 saturated heterocycles. The van der Waals surface area contributed by atoms with E-state index in [4.69, 9.17) is 4.74 Å². The molecule has 0 bridgehead atoms. The summed E-state index contributed by atoms with van der Waals surface area (Å²) in [5.74, 6) is 1.68. The van der Waals surface area contributed by atoms with Crippen LogP contribution in [0.2, 0.25) is 0 Å². The van der Waals surface area contributed by atoms with E-state index in [0.717, 1.165) is 63.9 Å². The molecule has 3 rings (SSSR count). The highest BCUT2D eigenvalue weighted by Crippen LogP contribution is 2.15. The van der Waals surface area contributed by atoms with E-state index in [1.54, 1.807) is 13.1 Å². The van der Waals surface area contributed by atoms with Gasteiger partial charge in [-0.2, -0.15) is 4.98 Å². The molecule has 0 aliphatic carbocycles. The number of carbonyl (C=O) groups excluding carboxylic acids is 1. The van der Waals surface area contributed by atoms with Crippen molar-refractivity contribution in [1.82, 2.24) is 14.9 Å². The number of amides is 1. The van der Waals surface area contributed by atoms with Gasteiger partial charge in [-0.25, -0.2) is 4.98 Å². The van der Waals surface area contributed by atoms with E-state index in [-0.39, 0.29) is 12.0 Å². The monoisotopic (exact) mass is 305 g/mol. The average molecular weight is 305 g/mol. The Balaban J connectivity index is 1.55. The molecule has 120 valence electrons. The van der Waals surface area contributed by atoms with Gasteiger partial charge in [-0.3, -0.25) is 4.79 Å². The molecule has 1 unspecified atom stereocenters. The molecule has 2 fully saturated rings. The maximum absolute atomic E-state index is 11.4. The van der Waals surface area contributed by atoms with Gasteiger partial charge in [0.15, 0.2) is 0 Å². The zero-order valence-electron chi connectivity index (χ0n) is 13.0. The molecule has 2 aliphatic rings. The minimum absolute atomic E-state index is 0.132. The lowest BCUT2D eigenvalue weighted by Gasteiger charge is -2.34. The SMILES string of the molecule is CC(=O)N1CCN(c2nccc(NCC3CCCO3)n2)CC1. The van der Waals surface area contributed by atoms with Crippen LogP contribution in [-0.2, 0) is 9.53 Å². The van der Waals surface area contributed by atoms with Gasteiger partial charge in [0.2, 0.25) is 11.9 Å². The van der Waals surface area contributed by atoms with Crippen molar-refractivity contribution >= 4 is 17.7 Å². The minimum Gasteiger partial charge on any atom is -0.376 e. The normalized spacial score (nSPS) is 22.0. The molecule has 0 saturated carbocycles. The van der Waals surface area contributed by atoms with Gasteiger partial charge in [0.05, 0.1) is 6.10 Å². The van der Waals surface area contributed by atoms with E-state index in [1.165, 1.54) is 0 Å². The molecule has 2 aliphatic heterocycles. The maximum atomic E-state index is 11.4. The number of carbonyl (C=O) groups is 1. The third-order valence-electron chi connectivity index (χ3n) is 4.19. The van der Waals surface area contributed by atoms with E-state index in [1.807, 2.05) is 11.0 Å². The summed E-state index contributed by atoms with van der Waals surface area (Å²) in [5.41, 5.74) is 0. The number of hydrogen-bond acceptors (Lipinski definition) is 6. The first-order valence-corrected chi connectivity index (χ1v) is 7.91.